The van der Waals surface area contributed by atoms with Gasteiger partial charge in [-0.15, -0.1) is 0 Å². The summed E-state index contributed by atoms with van der Waals surface area (Å²) >= 11 is 15.2. The zero-order valence-electron chi connectivity index (χ0n) is 71.0. The summed E-state index contributed by atoms with van der Waals surface area (Å²) in [5.74, 6) is -5.43. The molecular weight excluding hydrogens is 1950 g/mol. The third kappa shape index (κ3) is 19.3. The summed E-state index contributed by atoms with van der Waals surface area (Å²) in [6, 6.07) is 32.7. The number of anilines is 8. The number of benzene rings is 8. The van der Waals surface area contributed by atoms with Gasteiger partial charge < -0.3 is 22.9 Å². The number of fused-ring (bicyclic) bond motifs is 4. The van der Waals surface area contributed by atoms with E-state index in [4.69, 9.17) is 61.4 Å². The van der Waals surface area contributed by atoms with Crippen LogP contribution in [0.1, 0.15) is 132 Å². The molecule has 8 aromatic carbocycles. The van der Waals surface area contributed by atoms with Crippen LogP contribution in [0.4, 0.5) is 76.8 Å². The Bertz CT molecular complexity index is 7830. The number of aryl methyl sites for hydroxylation is 1. The van der Waals surface area contributed by atoms with E-state index < -0.39 is 96.3 Å². The highest BCUT2D eigenvalue weighted by Gasteiger charge is 2.34. The van der Waals surface area contributed by atoms with Crippen molar-refractivity contribution in [3.8, 4) is 45.0 Å². The average molecular weight is 2030 g/mol. The van der Waals surface area contributed by atoms with E-state index in [0.717, 1.165) is 133 Å². The van der Waals surface area contributed by atoms with E-state index in [1.54, 1.807) is 41.9 Å². The number of hydrogen-bond donors (Lipinski definition) is 8. The van der Waals surface area contributed by atoms with Crippen molar-refractivity contribution in [1.82, 2.24) is 79.0 Å². The summed E-state index contributed by atoms with van der Waals surface area (Å²) in [6.45, 7) is 1.65. The van der Waals surface area contributed by atoms with Crippen LogP contribution in [0, 0.1) is 47.6 Å². The van der Waals surface area contributed by atoms with Gasteiger partial charge in [0.05, 0.1) is 78.4 Å². The summed E-state index contributed by atoms with van der Waals surface area (Å²) < 4.78 is 219. The van der Waals surface area contributed by atoms with Crippen LogP contribution in [-0.4, -0.2) is 113 Å². The molecule has 0 radical (unpaired) electrons. The van der Waals surface area contributed by atoms with Crippen LogP contribution in [0.3, 0.4) is 0 Å². The van der Waals surface area contributed by atoms with E-state index in [2.05, 4.69) is 75.1 Å². The van der Waals surface area contributed by atoms with Crippen molar-refractivity contribution >= 4 is 169 Å². The maximum Gasteiger partial charge on any atom is 0.265 e. The summed E-state index contributed by atoms with van der Waals surface area (Å²) in [7, 11) is -17.0. The molecule has 0 saturated heterocycles. The van der Waals surface area contributed by atoms with Gasteiger partial charge in [0.2, 0.25) is 0 Å². The number of hydrogen-bond acceptors (Lipinski definition) is 24. The predicted octanol–water partition coefficient (Wildman–Crippen LogP) is 19.3. The molecule has 4 aliphatic rings. The van der Waals surface area contributed by atoms with Gasteiger partial charge in [-0.05, 0) is 173 Å². The minimum Gasteiger partial charge on any atom is -0.383 e. The van der Waals surface area contributed by atoms with E-state index in [1.165, 1.54) is 104 Å². The fourth-order valence-corrected chi connectivity index (χ4v) is 22.6. The van der Waals surface area contributed by atoms with Gasteiger partial charge in [0.15, 0.2) is 22.6 Å². The Morgan fingerprint density at radius 3 is 0.978 bits per heavy atom. The molecule has 0 unspecified atom stereocenters. The summed E-state index contributed by atoms with van der Waals surface area (Å²) in [4.78, 5) is 32.0. The normalized spacial score (nSPS) is 14.7. The highest BCUT2D eigenvalue weighted by molar-refractivity contribution is 9.10. The minimum absolute atomic E-state index is 0.0506. The molecule has 4 fully saturated rings. The Morgan fingerprint density at radius 2 is 0.652 bits per heavy atom. The number of halogens is 10. The molecule has 8 heterocycles. The lowest BCUT2D eigenvalue weighted by Crippen LogP contribution is -2.16. The number of aromatic nitrogens is 16. The molecule has 135 heavy (non-hydrogen) atoms. The fourth-order valence-electron chi connectivity index (χ4n) is 17.0. The first kappa shape index (κ1) is 93.5. The van der Waals surface area contributed by atoms with Crippen molar-refractivity contribution < 1.29 is 64.4 Å². The molecule has 4 aliphatic carbocycles. The third-order valence-corrected chi connectivity index (χ3v) is 30.5. The Kier molecular flexibility index (Phi) is 26.5. The molecule has 0 spiro atoms. The SMILES string of the molecule is Cc1cc(S(=O)(=O)Nc2ccc(-c3nn(C4CCCC4)c4ncnc(N)c34)cc2F)c(Cl)cc1Cl.Nc1ncnc2c1c(-c1ccc(NS(=O)(=O)c3cc(F)ccc3F)c(F)c1)nn2C1CCCC1.Nc1ncnc2c1c(-c1ccc(NS(=O)(=O)c3ccc(Br)cc3F)c(F)c1)nn2C1CCCC1.Nc1ncnc2c1c(-c1ccc(NS(=O)(=O)c3ccccc3)c(F)c1)nn2C1CCCC1. The summed E-state index contributed by atoms with van der Waals surface area (Å²) in [5, 5.41) is 21.2. The van der Waals surface area contributed by atoms with Crippen molar-refractivity contribution in [2.75, 3.05) is 41.8 Å². The second-order valence-corrected chi connectivity index (χ2v) is 40.8. The molecule has 0 amide bonds. The van der Waals surface area contributed by atoms with E-state index in [0.29, 0.717) is 116 Å². The molecule has 8 aromatic heterocycles. The van der Waals surface area contributed by atoms with Crippen molar-refractivity contribution in [3.05, 3.63) is 238 Å². The summed E-state index contributed by atoms with van der Waals surface area (Å²) in [6.07, 6.45) is 22.0. The van der Waals surface area contributed by atoms with Crippen molar-refractivity contribution in [3.63, 3.8) is 0 Å². The lowest BCUT2D eigenvalue weighted by atomic mass is 10.1. The van der Waals surface area contributed by atoms with Gasteiger partial charge in [0.25, 0.3) is 40.1 Å². The molecule has 16 aromatic rings. The number of nitrogens with zero attached hydrogens (tertiary/aromatic N) is 16. The number of nitrogens with two attached hydrogens (primary N) is 4. The molecule has 46 heteroatoms. The lowest BCUT2D eigenvalue weighted by molar-refractivity contribution is 0.479. The largest absolute Gasteiger partial charge is 0.383 e. The van der Waals surface area contributed by atoms with Crippen molar-refractivity contribution in [2.24, 2.45) is 0 Å². The lowest BCUT2D eigenvalue weighted by Gasteiger charge is -2.12. The maximum absolute atomic E-state index is 15.2. The van der Waals surface area contributed by atoms with Crippen molar-refractivity contribution in [1.29, 1.82) is 0 Å². The highest BCUT2D eigenvalue weighted by atomic mass is 79.9. The second-order valence-electron chi connectivity index (χ2n) is 32.5. The molecule has 32 nitrogen and oxygen atoms in total. The average Bonchev–Trinajstić information content (AvgIpc) is 1.62. The van der Waals surface area contributed by atoms with Crippen LogP contribution in [-0.2, 0) is 40.1 Å². The van der Waals surface area contributed by atoms with Crippen LogP contribution in [0.25, 0.3) is 89.2 Å². The van der Waals surface area contributed by atoms with Gasteiger partial charge in [0.1, 0.15) is 127 Å². The first-order chi connectivity index (χ1) is 64.6. The molecule has 698 valence electrons. The Labute approximate surface area is 785 Å². The molecule has 0 aliphatic heterocycles. The molecule has 0 atom stereocenters. The first-order valence-electron chi connectivity index (χ1n) is 42.2. The van der Waals surface area contributed by atoms with E-state index in [9.17, 15) is 55.6 Å². The molecule has 20 rings (SSSR count). The van der Waals surface area contributed by atoms with Gasteiger partial charge in [-0.25, -0.2) is 123 Å². The monoisotopic (exact) mass is 2020 g/mol. The van der Waals surface area contributed by atoms with E-state index in [-0.39, 0.29) is 79.3 Å². The Morgan fingerprint density at radius 1 is 0.333 bits per heavy atom. The zero-order chi connectivity index (χ0) is 95.3. The molecule has 12 N–H and O–H groups in total. The van der Waals surface area contributed by atoms with Crippen LogP contribution in [0.5, 0.6) is 0 Å². The predicted molar refractivity (Wildman–Crippen MR) is 502 cm³/mol. The topological polar surface area (TPSA) is 463 Å². The minimum atomic E-state index is -4.58. The van der Waals surface area contributed by atoms with Gasteiger partial charge in [-0.3, -0.25) is 18.9 Å². The summed E-state index contributed by atoms with van der Waals surface area (Å²) in [5.41, 5.74) is 29.5. The number of nitrogen functional groups attached to an aromatic ring is 4. The van der Waals surface area contributed by atoms with Gasteiger partial charge in [0, 0.05) is 31.7 Å². The highest BCUT2D eigenvalue weighted by Crippen LogP contribution is 2.45. The zero-order valence-corrected chi connectivity index (χ0v) is 77.4. The Hall–Kier alpha value is -13.3. The molecule has 0 bridgehead atoms. The number of sulfonamides is 4. The maximum atomic E-state index is 15.2. The quantitative estimate of drug-likeness (QED) is 0.0329. The number of nitrogens with one attached hydrogen (secondary N) is 4. The number of rotatable bonds is 20. The smallest absolute Gasteiger partial charge is 0.265 e. The fraction of sp³-hybridized carbons (Fsp3) is 0.236. The van der Waals surface area contributed by atoms with E-state index >= 15 is 8.78 Å². The Balaban J connectivity index is 0.000000125. The third-order valence-electron chi connectivity index (χ3n) is 23.6. The molecular formula is C89H80BrCl2F7N24O8S4. The standard InChI is InChI=1S/C23H21Cl2FN6O2S.C22H19BrF2N6O2S.C22H19F3N6O2S.C22H21FN6O2S/c1-12-8-19(16(25)10-15(12)24)35(33,34)31-18-7-6-13(9-17(18)26)21-20-22(27)28-11-29-23(20)32(30-21)14-4-2-3-5-14;23-13-6-8-18(16(25)10-13)34(32,33)30-17-7-5-12(9-15(17)24)20-19-21(26)27-11-28-22(19)31(29-20)14-3-1-2-4-14;23-13-6-7-15(24)18(10-13)34(32,33)30-17-8-5-12(9-16(17)25)20-19-21(26)27-11-28-22(19)31(29-20)14-3-1-2-4-14;23-17-12-14(10-11-18(17)28-32(30,31)16-8-2-1-3-9-16)20-19-21(24)25-13-26-22(19)29(27-20)15-6-4-5-7-15/h6-11,14,31H,2-5H2,1H3,(H2,27,28,29);2*5-11,14,30H,1-4H2,(H2,26,27,28);1-3,8-13,15,28H,4-7H2,(H2,24,25,26). The van der Waals surface area contributed by atoms with Crippen LogP contribution in [0.15, 0.2) is 201 Å². The van der Waals surface area contributed by atoms with Gasteiger partial charge >= 0.3 is 0 Å². The van der Waals surface area contributed by atoms with Crippen LogP contribution < -0.4 is 41.8 Å². The van der Waals surface area contributed by atoms with E-state index in [1.807, 2.05) is 18.8 Å². The first-order valence-corrected chi connectivity index (χ1v) is 49.7. The molecule has 4 saturated carbocycles. The van der Waals surface area contributed by atoms with Crippen molar-refractivity contribution in [2.45, 2.75) is 153 Å². The van der Waals surface area contributed by atoms with Gasteiger partial charge in [-0.1, -0.05) is 133 Å². The van der Waals surface area contributed by atoms with Crippen LogP contribution >= 0.6 is 39.1 Å². The van der Waals surface area contributed by atoms with Crippen LogP contribution in [0.2, 0.25) is 10.0 Å². The second kappa shape index (κ2) is 38.2. The van der Waals surface area contributed by atoms with Gasteiger partial charge in [-0.2, -0.15) is 20.4 Å².